The summed E-state index contributed by atoms with van der Waals surface area (Å²) in [6, 6.07) is 9.03. The number of thiophene rings is 1. The highest BCUT2D eigenvalue weighted by atomic mass is 35.5. The lowest BCUT2D eigenvalue weighted by Gasteiger charge is -2.40. The van der Waals surface area contributed by atoms with Crippen molar-refractivity contribution in [3.8, 4) is 0 Å². The van der Waals surface area contributed by atoms with Crippen LogP contribution in [0.1, 0.15) is 44.7 Å². The largest absolute Gasteiger partial charge is 0.448 e. The van der Waals surface area contributed by atoms with E-state index in [2.05, 4.69) is 10.6 Å². The summed E-state index contributed by atoms with van der Waals surface area (Å²) in [4.78, 5) is 57.4. The van der Waals surface area contributed by atoms with Crippen molar-refractivity contribution in [1.82, 2.24) is 15.3 Å². The van der Waals surface area contributed by atoms with Crippen molar-refractivity contribution in [3.05, 3.63) is 51.9 Å². The molecule has 3 rings (SSSR count). The van der Waals surface area contributed by atoms with Crippen LogP contribution in [0, 0.1) is 12.3 Å². The fraction of sp³-hybridized carbons (Fsp3) is 0.481. The van der Waals surface area contributed by atoms with Gasteiger partial charge >= 0.3 is 6.09 Å². The SMILES string of the molecule is Cc1csc(NC(=O)OCC2(C(=O)NCc3ccccc3Cl)CCN(C(=O)CN(C=O)OC(C)(C)C)CC2)c1. The third-order valence-corrected chi connectivity index (χ3v) is 7.52. The van der Waals surface area contributed by atoms with Gasteiger partial charge in [-0.1, -0.05) is 29.8 Å². The Kier molecular flexibility index (Phi) is 10.3. The minimum Gasteiger partial charge on any atom is -0.448 e. The quantitative estimate of drug-likeness (QED) is 0.319. The van der Waals surface area contributed by atoms with E-state index in [4.69, 9.17) is 21.2 Å². The molecule has 12 heteroatoms. The number of hydrogen-bond acceptors (Lipinski definition) is 7. The second kappa shape index (κ2) is 13.3. The number of likely N-dealkylation sites (tertiary alicyclic amines) is 1. The molecule has 212 valence electrons. The number of halogens is 1. The molecular weight excluding hydrogens is 544 g/mol. The van der Waals surface area contributed by atoms with Gasteiger partial charge in [-0.2, -0.15) is 0 Å². The molecule has 0 saturated carbocycles. The van der Waals surface area contributed by atoms with Crippen molar-refractivity contribution in [2.75, 3.05) is 31.6 Å². The number of benzene rings is 1. The van der Waals surface area contributed by atoms with E-state index in [0.717, 1.165) is 16.2 Å². The van der Waals surface area contributed by atoms with Gasteiger partial charge in [-0.05, 0) is 69.2 Å². The van der Waals surface area contributed by atoms with Gasteiger partial charge in [0.1, 0.15) is 13.2 Å². The summed E-state index contributed by atoms with van der Waals surface area (Å²) in [5, 5.41) is 9.67. The summed E-state index contributed by atoms with van der Waals surface area (Å²) < 4.78 is 5.52. The smallest absolute Gasteiger partial charge is 0.412 e. The lowest BCUT2D eigenvalue weighted by molar-refractivity contribution is -0.217. The molecule has 1 aromatic heterocycles. The summed E-state index contributed by atoms with van der Waals surface area (Å²) in [5.41, 5.74) is 0.0867. The molecule has 0 spiro atoms. The Hall–Kier alpha value is -3.15. The number of aryl methyl sites for hydroxylation is 1. The van der Waals surface area contributed by atoms with Crippen molar-refractivity contribution in [3.63, 3.8) is 0 Å². The first-order valence-electron chi connectivity index (χ1n) is 12.6. The maximum absolute atomic E-state index is 13.5. The van der Waals surface area contributed by atoms with Gasteiger partial charge in [-0.25, -0.2) is 9.86 Å². The van der Waals surface area contributed by atoms with Gasteiger partial charge in [0.05, 0.1) is 16.0 Å². The normalized spacial score (nSPS) is 14.8. The Morgan fingerprint density at radius 1 is 1.21 bits per heavy atom. The van der Waals surface area contributed by atoms with Gasteiger partial charge in [0, 0.05) is 24.7 Å². The molecule has 0 radical (unpaired) electrons. The number of nitrogens with one attached hydrogen (secondary N) is 2. The maximum atomic E-state index is 13.5. The minimum atomic E-state index is -1.05. The van der Waals surface area contributed by atoms with E-state index in [9.17, 15) is 19.2 Å². The summed E-state index contributed by atoms with van der Waals surface area (Å²) in [6.07, 6.45) is 0.343. The van der Waals surface area contributed by atoms with Crippen LogP contribution in [0.2, 0.25) is 5.02 Å². The van der Waals surface area contributed by atoms with Crippen molar-refractivity contribution in [2.45, 2.75) is 52.7 Å². The van der Waals surface area contributed by atoms with Crippen molar-refractivity contribution >= 4 is 52.3 Å². The highest BCUT2D eigenvalue weighted by molar-refractivity contribution is 7.14. The molecule has 0 atom stereocenters. The zero-order valence-corrected chi connectivity index (χ0v) is 24.2. The molecule has 1 aliphatic rings. The first kappa shape index (κ1) is 30.4. The molecule has 1 saturated heterocycles. The molecular formula is C27H35ClN4O6S. The van der Waals surface area contributed by atoms with E-state index in [0.29, 0.717) is 16.4 Å². The number of rotatable bonds is 10. The van der Waals surface area contributed by atoms with E-state index in [1.165, 1.54) is 11.3 Å². The van der Waals surface area contributed by atoms with Gasteiger partial charge in [-0.3, -0.25) is 24.5 Å². The molecule has 10 nitrogen and oxygen atoms in total. The number of piperidine rings is 1. The number of hydrogen-bond donors (Lipinski definition) is 2. The van der Waals surface area contributed by atoms with Crippen LogP contribution < -0.4 is 10.6 Å². The van der Waals surface area contributed by atoms with Crippen LogP contribution >= 0.6 is 22.9 Å². The van der Waals surface area contributed by atoms with E-state index in [1.807, 2.05) is 36.6 Å². The van der Waals surface area contributed by atoms with Crippen molar-refractivity contribution in [2.24, 2.45) is 5.41 Å². The molecule has 1 aliphatic heterocycles. The standard InChI is InChI=1S/C27H35ClN4O6S/c1-19-13-22(39-16-19)30-25(36)37-17-27(24(35)29-14-20-7-5-6-8-21(20)28)9-11-31(12-10-27)23(34)15-32(18-33)38-26(2,3)4/h5-8,13,16,18H,9-12,14-15,17H2,1-4H3,(H,29,35)(H,30,36). The molecule has 0 aliphatic carbocycles. The number of carbonyl (C=O) groups is 4. The first-order chi connectivity index (χ1) is 18.4. The van der Waals surface area contributed by atoms with Gasteiger partial charge in [-0.15, -0.1) is 11.3 Å². The lowest BCUT2D eigenvalue weighted by atomic mass is 9.78. The zero-order valence-electron chi connectivity index (χ0n) is 22.6. The van der Waals surface area contributed by atoms with E-state index in [1.54, 1.807) is 31.7 Å². The maximum Gasteiger partial charge on any atom is 0.412 e. The first-order valence-corrected chi connectivity index (χ1v) is 13.9. The number of ether oxygens (including phenoxy) is 1. The number of hydroxylamine groups is 2. The summed E-state index contributed by atoms with van der Waals surface area (Å²) in [7, 11) is 0. The van der Waals surface area contributed by atoms with Crippen LogP contribution in [0.5, 0.6) is 0 Å². The molecule has 2 N–H and O–H groups in total. The molecule has 0 bridgehead atoms. The van der Waals surface area contributed by atoms with Crippen LogP contribution in [-0.4, -0.2) is 66.1 Å². The summed E-state index contributed by atoms with van der Waals surface area (Å²) >= 11 is 7.62. The number of anilines is 1. The highest BCUT2D eigenvalue weighted by Crippen LogP contribution is 2.33. The van der Waals surface area contributed by atoms with Crippen LogP contribution in [0.4, 0.5) is 9.80 Å². The fourth-order valence-corrected chi connectivity index (χ4v) is 5.12. The Morgan fingerprint density at radius 2 is 1.90 bits per heavy atom. The molecule has 2 aromatic rings. The number of nitrogens with zero attached hydrogens (tertiary/aromatic N) is 2. The van der Waals surface area contributed by atoms with E-state index >= 15 is 0 Å². The van der Waals surface area contributed by atoms with E-state index in [-0.39, 0.29) is 57.4 Å². The average molecular weight is 579 g/mol. The third-order valence-electron chi connectivity index (χ3n) is 6.19. The van der Waals surface area contributed by atoms with Crippen LogP contribution in [-0.2, 0) is 30.5 Å². The Labute approximate surface area is 237 Å². The average Bonchev–Trinajstić information content (AvgIpc) is 3.30. The molecule has 0 unspecified atom stereocenters. The second-order valence-corrected chi connectivity index (χ2v) is 11.8. The van der Waals surface area contributed by atoms with Crippen LogP contribution in [0.25, 0.3) is 0 Å². The molecule has 2 heterocycles. The zero-order chi connectivity index (χ0) is 28.6. The lowest BCUT2D eigenvalue weighted by Crippen LogP contribution is -2.54. The van der Waals surface area contributed by atoms with Crippen molar-refractivity contribution < 1.29 is 28.8 Å². The molecule has 1 aromatic carbocycles. The predicted octanol–water partition coefficient (Wildman–Crippen LogP) is 4.37. The molecule has 1 fully saturated rings. The minimum absolute atomic E-state index is 0.160. The predicted molar refractivity (Wildman–Crippen MR) is 149 cm³/mol. The van der Waals surface area contributed by atoms with Gasteiger partial charge in [0.25, 0.3) is 0 Å². The Balaban J connectivity index is 1.66. The van der Waals surface area contributed by atoms with Gasteiger partial charge in [0.15, 0.2) is 0 Å². The Morgan fingerprint density at radius 3 is 2.49 bits per heavy atom. The van der Waals surface area contributed by atoms with Crippen LogP contribution in [0.15, 0.2) is 35.7 Å². The topological polar surface area (TPSA) is 117 Å². The van der Waals surface area contributed by atoms with Crippen LogP contribution in [0.3, 0.4) is 0 Å². The van der Waals surface area contributed by atoms with Gasteiger partial charge in [0.2, 0.25) is 18.2 Å². The number of amides is 4. The highest BCUT2D eigenvalue weighted by Gasteiger charge is 2.43. The van der Waals surface area contributed by atoms with Crippen molar-refractivity contribution in [1.29, 1.82) is 0 Å². The second-order valence-electron chi connectivity index (χ2n) is 10.5. The van der Waals surface area contributed by atoms with E-state index < -0.39 is 17.1 Å². The molecule has 4 amide bonds. The summed E-state index contributed by atoms with van der Waals surface area (Å²) in [5.74, 6) is -0.594. The Bertz CT molecular complexity index is 1170. The fourth-order valence-electron chi connectivity index (χ4n) is 4.14. The third kappa shape index (κ3) is 8.94. The monoisotopic (exact) mass is 578 g/mol. The number of carbonyl (C=O) groups excluding carboxylic acids is 4. The van der Waals surface area contributed by atoms with Gasteiger partial charge < -0.3 is 15.0 Å². The summed E-state index contributed by atoms with van der Waals surface area (Å²) in [6.45, 7) is 7.55. The molecule has 39 heavy (non-hydrogen) atoms.